The third-order valence-electron chi connectivity index (χ3n) is 3.32. The minimum Gasteiger partial charge on any atom is -0.489 e. The molecule has 1 heterocycles. The van der Waals surface area contributed by atoms with Crippen molar-refractivity contribution < 1.29 is 14.3 Å². The van der Waals surface area contributed by atoms with Crippen LogP contribution in [0.1, 0.15) is 57.8 Å². The maximum absolute atomic E-state index is 12.7. The molecule has 0 unspecified atom stereocenters. The van der Waals surface area contributed by atoms with Crippen molar-refractivity contribution in [1.29, 1.82) is 0 Å². The fourth-order valence-electron chi connectivity index (χ4n) is 2.26. The van der Waals surface area contributed by atoms with E-state index in [2.05, 4.69) is 4.98 Å². The highest BCUT2D eigenvalue weighted by molar-refractivity contribution is 6.02. The minimum atomic E-state index is -0.757. The summed E-state index contributed by atoms with van der Waals surface area (Å²) in [4.78, 5) is 16.8. The number of carbonyl (C=O) groups excluding carboxylic acids is 1. The second-order valence-corrected chi connectivity index (χ2v) is 5.04. The van der Waals surface area contributed by atoms with Crippen LogP contribution in [-0.2, 0) is 4.74 Å². The molecule has 0 fully saturated rings. The van der Waals surface area contributed by atoms with Gasteiger partial charge in [-0.3, -0.25) is 9.78 Å². The summed E-state index contributed by atoms with van der Waals surface area (Å²) in [6.07, 6.45) is 4.54. The maximum atomic E-state index is 12.7. The molecule has 0 aliphatic rings. The number of nitrogens with zero attached hydrogens (tertiary/aromatic N) is 1. The monoisotopic (exact) mass is 279 g/mol. The number of Topliss-reactive ketones (excluding diaryl/α,β-unsaturated/α-hetero) is 1. The third-order valence-corrected chi connectivity index (χ3v) is 3.32. The molecular weight excluding hydrogens is 254 g/mol. The molecule has 0 amide bonds. The van der Waals surface area contributed by atoms with Gasteiger partial charge in [-0.05, 0) is 39.7 Å². The Bertz CT molecular complexity index is 439. The van der Waals surface area contributed by atoms with Crippen molar-refractivity contribution in [2.24, 2.45) is 0 Å². The second kappa shape index (κ2) is 7.39. The smallest absolute Gasteiger partial charge is 0.196 e. The average molecular weight is 279 g/mol. The average Bonchev–Trinajstić information content (AvgIpc) is 2.44. The lowest BCUT2D eigenvalue weighted by atomic mass is 9.88. The maximum Gasteiger partial charge on any atom is 0.196 e. The van der Waals surface area contributed by atoms with Crippen molar-refractivity contribution in [1.82, 2.24) is 4.98 Å². The van der Waals surface area contributed by atoms with Crippen LogP contribution in [0.3, 0.4) is 0 Å². The van der Waals surface area contributed by atoms with Gasteiger partial charge in [0, 0.05) is 18.4 Å². The Morgan fingerprint density at radius 2 is 1.90 bits per heavy atom. The first kappa shape index (κ1) is 16.6. The topological polar surface area (TPSA) is 48.4 Å². The van der Waals surface area contributed by atoms with Crippen LogP contribution in [0.4, 0.5) is 0 Å². The van der Waals surface area contributed by atoms with E-state index in [0.717, 1.165) is 0 Å². The summed E-state index contributed by atoms with van der Waals surface area (Å²) in [6, 6.07) is 1.74. The molecule has 4 nitrogen and oxygen atoms in total. The van der Waals surface area contributed by atoms with Gasteiger partial charge in [-0.15, -0.1) is 0 Å². The number of rotatable bonds is 8. The Kier molecular flexibility index (Phi) is 6.14. The van der Waals surface area contributed by atoms with Crippen LogP contribution in [-0.4, -0.2) is 29.1 Å². The van der Waals surface area contributed by atoms with E-state index in [0.29, 0.717) is 30.8 Å². The normalized spacial score (nSPS) is 11.7. The fraction of sp³-hybridized carbons (Fsp3) is 0.625. The molecule has 0 aromatic carbocycles. The molecule has 0 atom stereocenters. The van der Waals surface area contributed by atoms with Gasteiger partial charge in [0.1, 0.15) is 11.4 Å². The number of pyridine rings is 1. The Morgan fingerprint density at radius 3 is 2.40 bits per heavy atom. The number of hydrogen-bond acceptors (Lipinski definition) is 4. The van der Waals surface area contributed by atoms with Crippen LogP contribution in [0.5, 0.6) is 5.75 Å². The highest BCUT2D eigenvalue weighted by atomic mass is 16.5. The van der Waals surface area contributed by atoms with E-state index in [-0.39, 0.29) is 11.9 Å². The van der Waals surface area contributed by atoms with Crippen LogP contribution < -0.4 is 4.74 Å². The fourth-order valence-corrected chi connectivity index (χ4v) is 2.26. The molecule has 0 bridgehead atoms. The molecule has 1 rings (SSSR count). The first-order valence-corrected chi connectivity index (χ1v) is 7.29. The summed E-state index contributed by atoms with van der Waals surface area (Å²) in [5.74, 6) is 0.592. The zero-order valence-corrected chi connectivity index (χ0v) is 13.1. The molecule has 0 N–H and O–H groups in total. The highest BCUT2D eigenvalue weighted by Gasteiger charge is 2.36. The van der Waals surface area contributed by atoms with E-state index in [1.54, 1.807) is 18.5 Å². The van der Waals surface area contributed by atoms with Crippen LogP contribution in [0.2, 0.25) is 0 Å². The molecule has 0 radical (unpaired) electrons. The van der Waals surface area contributed by atoms with Gasteiger partial charge in [-0.25, -0.2) is 0 Å². The van der Waals surface area contributed by atoms with E-state index in [1.165, 1.54) is 0 Å². The first-order valence-electron chi connectivity index (χ1n) is 7.29. The lowest BCUT2D eigenvalue weighted by Crippen LogP contribution is -2.40. The third kappa shape index (κ3) is 3.79. The highest BCUT2D eigenvalue weighted by Crippen LogP contribution is 2.27. The van der Waals surface area contributed by atoms with Gasteiger partial charge in [-0.1, -0.05) is 13.8 Å². The van der Waals surface area contributed by atoms with E-state index >= 15 is 0 Å². The molecule has 1 aromatic heterocycles. The number of carbonyl (C=O) groups is 1. The minimum absolute atomic E-state index is 0.0222. The SMILES string of the molecule is CCOC(CC)(CC)C(=O)c1cncc(OC(C)C)c1. The van der Waals surface area contributed by atoms with E-state index in [1.807, 2.05) is 34.6 Å². The zero-order chi connectivity index (χ0) is 15.2. The van der Waals surface area contributed by atoms with Gasteiger partial charge in [0.15, 0.2) is 5.78 Å². The standard InChI is InChI=1S/C16H25NO3/c1-6-16(7-2,19-8-3)15(18)13-9-14(11-17-10-13)20-12(4)5/h9-12H,6-8H2,1-5H3. The molecule has 0 aliphatic carbocycles. The first-order chi connectivity index (χ1) is 9.49. The molecule has 112 valence electrons. The zero-order valence-electron chi connectivity index (χ0n) is 13.1. The largest absolute Gasteiger partial charge is 0.489 e. The van der Waals surface area contributed by atoms with Crippen LogP contribution in [0.25, 0.3) is 0 Å². The Morgan fingerprint density at radius 1 is 1.25 bits per heavy atom. The molecular formula is C16H25NO3. The predicted molar refractivity (Wildman–Crippen MR) is 79.3 cm³/mol. The summed E-state index contributed by atoms with van der Waals surface area (Å²) in [7, 11) is 0. The summed E-state index contributed by atoms with van der Waals surface area (Å²) >= 11 is 0. The van der Waals surface area contributed by atoms with Gasteiger partial charge in [0.25, 0.3) is 0 Å². The number of ether oxygens (including phenoxy) is 2. The molecule has 0 aliphatic heterocycles. The molecule has 4 heteroatoms. The van der Waals surface area contributed by atoms with Crippen molar-refractivity contribution >= 4 is 5.78 Å². The summed E-state index contributed by atoms with van der Waals surface area (Å²) < 4.78 is 11.3. The van der Waals surface area contributed by atoms with Gasteiger partial charge < -0.3 is 9.47 Å². The molecule has 0 spiro atoms. The van der Waals surface area contributed by atoms with Crippen molar-refractivity contribution in [3.05, 3.63) is 24.0 Å². The second-order valence-electron chi connectivity index (χ2n) is 5.04. The van der Waals surface area contributed by atoms with Gasteiger partial charge in [-0.2, -0.15) is 0 Å². The number of hydrogen-bond donors (Lipinski definition) is 0. The summed E-state index contributed by atoms with van der Waals surface area (Å²) in [6.45, 7) is 10.2. The van der Waals surface area contributed by atoms with Crippen LogP contribution in [0.15, 0.2) is 18.5 Å². The van der Waals surface area contributed by atoms with Crippen LogP contribution >= 0.6 is 0 Å². The van der Waals surface area contributed by atoms with Gasteiger partial charge in [0.05, 0.1) is 12.3 Å². The van der Waals surface area contributed by atoms with E-state index in [4.69, 9.17) is 9.47 Å². The summed E-state index contributed by atoms with van der Waals surface area (Å²) in [5, 5.41) is 0. The molecule has 1 aromatic rings. The van der Waals surface area contributed by atoms with E-state index < -0.39 is 5.60 Å². The Hall–Kier alpha value is -1.42. The number of aromatic nitrogens is 1. The molecule has 0 saturated carbocycles. The lowest BCUT2D eigenvalue weighted by molar-refractivity contribution is -0.0250. The van der Waals surface area contributed by atoms with Gasteiger partial charge >= 0.3 is 0 Å². The number of ketones is 1. The van der Waals surface area contributed by atoms with Crippen molar-refractivity contribution in [3.8, 4) is 5.75 Å². The predicted octanol–water partition coefficient (Wildman–Crippen LogP) is 3.65. The summed E-state index contributed by atoms with van der Waals surface area (Å²) in [5.41, 5.74) is -0.215. The molecule has 20 heavy (non-hydrogen) atoms. The lowest BCUT2D eigenvalue weighted by Gasteiger charge is -2.30. The van der Waals surface area contributed by atoms with Gasteiger partial charge in [0.2, 0.25) is 0 Å². The molecule has 0 saturated heterocycles. The Labute approximate surface area is 121 Å². The Balaban J connectivity index is 3.06. The van der Waals surface area contributed by atoms with Crippen molar-refractivity contribution in [2.75, 3.05) is 6.61 Å². The van der Waals surface area contributed by atoms with Crippen molar-refractivity contribution in [3.63, 3.8) is 0 Å². The van der Waals surface area contributed by atoms with E-state index in [9.17, 15) is 4.79 Å². The quantitative estimate of drug-likeness (QED) is 0.682. The van der Waals surface area contributed by atoms with Crippen LogP contribution in [0, 0.1) is 0 Å². The van der Waals surface area contributed by atoms with Crippen molar-refractivity contribution in [2.45, 2.75) is 59.2 Å².